The highest BCUT2D eigenvalue weighted by atomic mass is 32.2. The van der Waals surface area contributed by atoms with Crippen LogP contribution in [-0.2, 0) is 14.4 Å². The number of likely N-dealkylation sites (tertiary alicyclic amines) is 1. The molecule has 3 aliphatic rings. The van der Waals surface area contributed by atoms with E-state index in [2.05, 4.69) is 5.32 Å². The van der Waals surface area contributed by atoms with Gasteiger partial charge in [0, 0.05) is 24.0 Å². The van der Waals surface area contributed by atoms with Crippen molar-refractivity contribution in [1.29, 1.82) is 0 Å². The fraction of sp³-hybridized carbons (Fsp3) is 0.609. The minimum Gasteiger partial charge on any atom is -0.352 e. The van der Waals surface area contributed by atoms with Gasteiger partial charge in [0.15, 0.2) is 5.25 Å². The third-order valence-corrected chi connectivity index (χ3v) is 7.54. The molecule has 0 unspecified atom stereocenters. The molecule has 1 aromatic carbocycles. The Labute approximate surface area is 182 Å². The first-order valence-electron chi connectivity index (χ1n) is 11.3. The van der Waals surface area contributed by atoms with Crippen molar-refractivity contribution in [3.8, 4) is 0 Å². The standard InChI is InChI=1S/C23H31N3O3S/c27-20(24-17-10-4-1-2-5-11-17)16-26-18-12-6-7-13-19(18)30-21(23(26)29)22(28)25-14-8-3-9-15-25/h6-7,12-13,17,21H,1-5,8-11,14-16H2,(H,24,27)/t21-/m0/s1. The van der Waals surface area contributed by atoms with Gasteiger partial charge in [-0.1, -0.05) is 37.8 Å². The Kier molecular flexibility index (Phi) is 6.97. The molecule has 0 spiro atoms. The number of thioether (sulfide) groups is 1. The maximum absolute atomic E-state index is 13.3. The quantitative estimate of drug-likeness (QED) is 0.589. The molecule has 1 N–H and O–H groups in total. The number of hydrogen-bond acceptors (Lipinski definition) is 4. The monoisotopic (exact) mass is 429 g/mol. The van der Waals surface area contributed by atoms with E-state index in [9.17, 15) is 14.4 Å². The van der Waals surface area contributed by atoms with Crippen molar-refractivity contribution in [3.05, 3.63) is 24.3 Å². The van der Waals surface area contributed by atoms with Gasteiger partial charge in [0.1, 0.15) is 6.54 Å². The van der Waals surface area contributed by atoms with Gasteiger partial charge >= 0.3 is 0 Å². The predicted molar refractivity (Wildman–Crippen MR) is 119 cm³/mol. The summed E-state index contributed by atoms with van der Waals surface area (Å²) in [6, 6.07) is 7.76. The molecule has 1 aromatic rings. The Balaban J connectivity index is 1.49. The summed E-state index contributed by atoms with van der Waals surface area (Å²) in [6.07, 6.45) is 9.84. The lowest BCUT2D eigenvalue weighted by Gasteiger charge is -2.36. The molecule has 7 heteroatoms. The average Bonchev–Trinajstić information content (AvgIpc) is 3.04. The second-order valence-corrected chi connectivity index (χ2v) is 9.68. The van der Waals surface area contributed by atoms with Gasteiger partial charge < -0.3 is 15.1 Å². The number of nitrogens with one attached hydrogen (secondary N) is 1. The van der Waals surface area contributed by atoms with Gasteiger partial charge in [-0.25, -0.2) is 0 Å². The number of piperidine rings is 1. The molecule has 30 heavy (non-hydrogen) atoms. The van der Waals surface area contributed by atoms with Crippen molar-refractivity contribution in [2.75, 3.05) is 24.5 Å². The third kappa shape index (κ3) is 4.82. The molecule has 0 aromatic heterocycles. The second kappa shape index (κ2) is 9.86. The lowest BCUT2D eigenvalue weighted by atomic mass is 10.1. The molecule has 162 valence electrons. The summed E-state index contributed by atoms with van der Waals surface area (Å²) in [5, 5.41) is 2.33. The Bertz CT molecular complexity index is 786. The number of anilines is 1. The molecular formula is C23H31N3O3S. The van der Waals surface area contributed by atoms with Gasteiger partial charge in [0.2, 0.25) is 11.8 Å². The Hall–Kier alpha value is -2.02. The number of carbonyl (C=O) groups is 3. The third-order valence-electron chi connectivity index (χ3n) is 6.31. The van der Waals surface area contributed by atoms with Gasteiger partial charge in [-0.2, -0.15) is 0 Å². The van der Waals surface area contributed by atoms with E-state index < -0.39 is 5.25 Å². The molecule has 4 rings (SSSR count). The minimum absolute atomic E-state index is 0.0311. The molecule has 1 saturated carbocycles. The van der Waals surface area contributed by atoms with Crippen molar-refractivity contribution in [1.82, 2.24) is 10.2 Å². The molecule has 3 amide bonds. The van der Waals surface area contributed by atoms with E-state index in [1.54, 1.807) is 0 Å². The number of hydrogen-bond donors (Lipinski definition) is 1. The molecule has 1 atom stereocenters. The molecule has 1 aliphatic carbocycles. The van der Waals surface area contributed by atoms with Gasteiger partial charge in [-0.3, -0.25) is 14.4 Å². The summed E-state index contributed by atoms with van der Waals surface area (Å²) in [5.74, 6) is -0.528. The lowest BCUT2D eigenvalue weighted by molar-refractivity contribution is -0.136. The fourth-order valence-corrected chi connectivity index (χ4v) is 5.85. The SMILES string of the molecule is O=C(CN1C(=O)[C@H](C(=O)N2CCCCC2)Sc2ccccc21)NC1CCCCCC1. The van der Waals surface area contributed by atoms with Gasteiger partial charge in [-0.05, 0) is 44.2 Å². The summed E-state index contributed by atoms with van der Waals surface area (Å²) >= 11 is 1.32. The van der Waals surface area contributed by atoms with Crippen LogP contribution in [0, 0.1) is 0 Å². The van der Waals surface area contributed by atoms with Crippen LogP contribution in [0.25, 0.3) is 0 Å². The predicted octanol–water partition coefficient (Wildman–Crippen LogP) is 3.35. The van der Waals surface area contributed by atoms with Crippen LogP contribution in [0.5, 0.6) is 0 Å². The van der Waals surface area contributed by atoms with Crippen LogP contribution in [0.1, 0.15) is 57.8 Å². The normalized spacial score (nSPS) is 22.9. The van der Waals surface area contributed by atoms with Crippen LogP contribution < -0.4 is 10.2 Å². The molecule has 0 radical (unpaired) electrons. The zero-order valence-electron chi connectivity index (χ0n) is 17.5. The Morgan fingerprint density at radius 3 is 2.37 bits per heavy atom. The highest BCUT2D eigenvalue weighted by Crippen LogP contribution is 2.39. The molecule has 0 bridgehead atoms. The zero-order chi connectivity index (χ0) is 20.9. The lowest BCUT2D eigenvalue weighted by Crippen LogP contribution is -2.53. The molecule has 2 heterocycles. The highest BCUT2D eigenvalue weighted by molar-refractivity contribution is 8.01. The highest BCUT2D eigenvalue weighted by Gasteiger charge is 2.41. The number of rotatable bonds is 4. The van der Waals surface area contributed by atoms with E-state index >= 15 is 0 Å². The van der Waals surface area contributed by atoms with E-state index in [0.717, 1.165) is 55.5 Å². The summed E-state index contributed by atoms with van der Waals surface area (Å²) < 4.78 is 0. The molecular weight excluding hydrogens is 398 g/mol. The minimum atomic E-state index is -0.802. The van der Waals surface area contributed by atoms with E-state index in [1.807, 2.05) is 29.2 Å². The fourth-order valence-electron chi connectivity index (χ4n) is 4.66. The van der Waals surface area contributed by atoms with Crippen LogP contribution in [0.2, 0.25) is 0 Å². The van der Waals surface area contributed by atoms with Crippen LogP contribution in [0.4, 0.5) is 5.69 Å². The molecule has 6 nitrogen and oxygen atoms in total. The van der Waals surface area contributed by atoms with Crippen LogP contribution in [0.3, 0.4) is 0 Å². The van der Waals surface area contributed by atoms with Crippen molar-refractivity contribution < 1.29 is 14.4 Å². The van der Waals surface area contributed by atoms with Crippen LogP contribution in [0.15, 0.2) is 29.2 Å². The van der Waals surface area contributed by atoms with E-state index in [4.69, 9.17) is 0 Å². The van der Waals surface area contributed by atoms with Crippen molar-refractivity contribution in [3.63, 3.8) is 0 Å². The van der Waals surface area contributed by atoms with E-state index in [1.165, 1.54) is 29.5 Å². The Morgan fingerprint density at radius 1 is 0.967 bits per heavy atom. The number of fused-ring (bicyclic) bond motifs is 1. The van der Waals surface area contributed by atoms with E-state index in [0.29, 0.717) is 13.1 Å². The number of amides is 3. The average molecular weight is 430 g/mol. The second-order valence-electron chi connectivity index (χ2n) is 8.53. The first kappa shape index (κ1) is 21.2. The summed E-state index contributed by atoms with van der Waals surface area (Å²) in [4.78, 5) is 43.5. The van der Waals surface area contributed by atoms with Gasteiger partial charge in [0.25, 0.3) is 5.91 Å². The number of nitrogens with zero attached hydrogens (tertiary/aromatic N) is 2. The number of para-hydroxylation sites is 1. The first-order chi connectivity index (χ1) is 14.6. The number of benzene rings is 1. The topological polar surface area (TPSA) is 69.7 Å². The Morgan fingerprint density at radius 2 is 1.63 bits per heavy atom. The van der Waals surface area contributed by atoms with Gasteiger partial charge in [0.05, 0.1) is 5.69 Å². The number of carbonyl (C=O) groups excluding carboxylic acids is 3. The summed E-state index contributed by atoms with van der Waals surface area (Å²) in [6.45, 7) is 1.40. The molecule has 2 fully saturated rings. The summed E-state index contributed by atoms with van der Waals surface area (Å²) in [5.41, 5.74) is 0.728. The summed E-state index contributed by atoms with van der Waals surface area (Å²) in [7, 11) is 0. The van der Waals surface area contributed by atoms with Crippen molar-refractivity contribution in [2.45, 2.75) is 74.0 Å². The first-order valence-corrected chi connectivity index (χ1v) is 12.2. The van der Waals surface area contributed by atoms with Gasteiger partial charge in [-0.15, -0.1) is 11.8 Å². The molecule has 1 saturated heterocycles. The maximum atomic E-state index is 13.3. The van der Waals surface area contributed by atoms with Crippen LogP contribution >= 0.6 is 11.8 Å². The van der Waals surface area contributed by atoms with Crippen molar-refractivity contribution >= 4 is 35.2 Å². The largest absolute Gasteiger partial charge is 0.352 e. The smallest absolute Gasteiger partial charge is 0.250 e. The van der Waals surface area contributed by atoms with Crippen molar-refractivity contribution in [2.24, 2.45) is 0 Å². The van der Waals surface area contributed by atoms with E-state index in [-0.39, 0.29) is 30.3 Å². The maximum Gasteiger partial charge on any atom is 0.250 e. The zero-order valence-corrected chi connectivity index (χ0v) is 18.3. The van der Waals surface area contributed by atoms with Crippen LogP contribution in [-0.4, -0.2) is 53.5 Å². The molecule has 2 aliphatic heterocycles.